The highest BCUT2D eigenvalue weighted by Gasteiger charge is 2.36. The molecular weight excluding hydrogens is 437 g/mol. The van der Waals surface area contributed by atoms with Crippen molar-refractivity contribution in [2.75, 3.05) is 20.8 Å². The first-order valence-electron chi connectivity index (χ1n) is 10.6. The van der Waals surface area contributed by atoms with Gasteiger partial charge in [-0.3, -0.25) is 4.79 Å². The molecule has 1 saturated heterocycles. The number of aromatic nitrogens is 3. The van der Waals surface area contributed by atoms with E-state index in [4.69, 9.17) is 9.47 Å². The van der Waals surface area contributed by atoms with Crippen molar-refractivity contribution in [3.8, 4) is 22.8 Å². The fraction of sp³-hybridized carbons (Fsp3) is 0.435. The lowest BCUT2D eigenvalue weighted by Crippen LogP contribution is -2.45. The van der Waals surface area contributed by atoms with Gasteiger partial charge in [0, 0.05) is 24.2 Å². The van der Waals surface area contributed by atoms with Gasteiger partial charge in [0.25, 0.3) is 5.91 Å². The molecule has 3 aromatic rings. The first kappa shape index (κ1) is 22.9. The Bertz CT molecular complexity index is 1190. The summed E-state index contributed by atoms with van der Waals surface area (Å²) in [6, 6.07) is 6.97. The lowest BCUT2D eigenvalue weighted by molar-refractivity contribution is -0.142. The SMILES string of the molecule is COc1ccc(-c2cc(C(F)(F)F)n3nc(C(=O)N4C[C@H](C)CC[C@H]4C)cc3n2)cc1OC. The number of methoxy groups -OCH3 is 2. The average Bonchev–Trinajstić information content (AvgIpc) is 3.22. The molecule has 0 bridgehead atoms. The molecule has 0 aliphatic carbocycles. The van der Waals surface area contributed by atoms with E-state index in [0.29, 0.717) is 34.0 Å². The van der Waals surface area contributed by atoms with Gasteiger partial charge in [-0.25, -0.2) is 9.50 Å². The number of carbonyl (C=O) groups excluding carboxylic acids is 1. The summed E-state index contributed by atoms with van der Waals surface area (Å²) >= 11 is 0. The first-order chi connectivity index (χ1) is 15.6. The van der Waals surface area contributed by atoms with Crippen LogP contribution in [0.5, 0.6) is 11.5 Å². The molecule has 2 aromatic heterocycles. The fourth-order valence-corrected chi connectivity index (χ4v) is 4.14. The maximum absolute atomic E-state index is 13.9. The average molecular weight is 462 g/mol. The molecule has 10 heteroatoms. The van der Waals surface area contributed by atoms with Gasteiger partial charge >= 0.3 is 6.18 Å². The molecule has 2 atom stereocenters. The number of fused-ring (bicyclic) bond motifs is 1. The molecule has 176 valence electrons. The topological polar surface area (TPSA) is 69.0 Å². The lowest BCUT2D eigenvalue weighted by Gasteiger charge is -2.36. The lowest BCUT2D eigenvalue weighted by atomic mass is 9.95. The number of alkyl halides is 3. The zero-order valence-electron chi connectivity index (χ0n) is 18.8. The molecule has 0 unspecified atom stereocenters. The van der Waals surface area contributed by atoms with E-state index in [2.05, 4.69) is 17.0 Å². The third kappa shape index (κ3) is 4.34. The molecule has 1 aliphatic heterocycles. The van der Waals surface area contributed by atoms with E-state index in [9.17, 15) is 18.0 Å². The van der Waals surface area contributed by atoms with E-state index < -0.39 is 11.9 Å². The molecule has 1 aliphatic rings. The van der Waals surface area contributed by atoms with Crippen LogP contribution in [0.1, 0.15) is 42.9 Å². The highest BCUT2D eigenvalue weighted by molar-refractivity contribution is 5.93. The van der Waals surface area contributed by atoms with Crippen molar-refractivity contribution in [1.82, 2.24) is 19.5 Å². The van der Waals surface area contributed by atoms with Crippen LogP contribution in [0.15, 0.2) is 30.3 Å². The van der Waals surface area contributed by atoms with Crippen molar-refractivity contribution in [2.45, 2.75) is 38.9 Å². The van der Waals surface area contributed by atoms with Gasteiger partial charge in [0.05, 0.1) is 19.9 Å². The molecule has 1 amide bonds. The summed E-state index contributed by atoms with van der Waals surface area (Å²) in [7, 11) is 2.91. The van der Waals surface area contributed by atoms with Gasteiger partial charge in [0.15, 0.2) is 28.5 Å². The monoisotopic (exact) mass is 462 g/mol. The Morgan fingerprint density at radius 3 is 2.45 bits per heavy atom. The molecule has 0 radical (unpaired) electrons. The number of benzene rings is 1. The van der Waals surface area contributed by atoms with Crippen LogP contribution in [0.2, 0.25) is 0 Å². The van der Waals surface area contributed by atoms with Gasteiger partial charge in [0.1, 0.15) is 0 Å². The van der Waals surface area contributed by atoms with Crippen molar-refractivity contribution >= 4 is 11.6 Å². The predicted octanol–water partition coefficient (Wildman–Crippen LogP) is 4.69. The van der Waals surface area contributed by atoms with Crippen LogP contribution in [0.25, 0.3) is 16.9 Å². The normalized spacial score (nSPS) is 19.1. The molecule has 0 N–H and O–H groups in total. The first-order valence-corrected chi connectivity index (χ1v) is 10.6. The number of likely N-dealkylation sites (tertiary alicyclic amines) is 1. The molecule has 1 fully saturated rings. The maximum Gasteiger partial charge on any atom is 0.433 e. The number of carbonyl (C=O) groups is 1. The number of piperidine rings is 1. The molecule has 7 nitrogen and oxygen atoms in total. The second kappa shape index (κ2) is 8.57. The summed E-state index contributed by atoms with van der Waals surface area (Å²) in [5.41, 5.74) is -0.645. The molecule has 0 spiro atoms. The summed E-state index contributed by atoms with van der Waals surface area (Å²) in [6.45, 7) is 4.53. The number of rotatable bonds is 4. The van der Waals surface area contributed by atoms with Crippen LogP contribution in [-0.4, -0.2) is 52.2 Å². The number of nitrogens with zero attached hydrogens (tertiary/aromatic N) is 4. The van der Waals surface area contributed by atoms with Crippen molar-refractivity contribution in [2.24, 2.45) is 5.92 Å². The minimum absolute atomic E-state index is 0.00381. The number of ether oxygens (including phenoxy) is 2. The third-order valence-corrected chi connectivity index (χ3v) is 5.99. The highest BCUT2D eigenvalue weighted by Crippen LogP contribution is 2.35. The van der Waals surface area contributed by atoms with Crippen LogP contribution in [0, 0.1) is 5.92 Å². The second-order valence-corrected chi connectivity index (χ2v) is 8.38. The quantitative estimate of drug-likeness (QED) is 0.563. The molecule has 0 saturated carbocycles. The summed E-state index contributed by atoms with van der Waals surface area (Å²) < 4.78 is 52.9. The fourth-order valence-electron chi connectivity index (χ4n) is 4.14. The van der Waals surface area contributed by atoms with Crippen molar-refractivity contribution in [1.29, 1.82) is 0 Å². The maximum atomic E-state index is 13.9. The highest BCUT2D eigenvalue weighted by atomic mass is 19.4. The minimum Gasteiger partial charge on any atom is -0.493 e. The number of hydrogen-bond acceptors (Lipinski definition) is 5. The number of halogens is 3. The van der Waals surface area contributed by atoms with Gasteiger partial charge in [-0.15, -0.1) is 0 Å². The van der Waals surface area contributed by atoms with E-state index in [-0.39, 0.29) is 29.0 Å². The molecule has 3 heterocycles. The van der Waals surface area contributed by atoms with Crippen LogP contribution in [0.3, 0.4) is 0 Å². The third-order valence-electron chi connectivity index (χ3n) is 5.99. The summed E-state index contributed by atoms with van der Waals surface area (Å²) in [6.07, 6.45) is -2.86. The van der Waals surface area contributed by atoms with Crippen LogP contribution < -0.4 is 9.47 Å². The summed E-state index contributed by atoms with van der Waals surface area (Å²) in [5.74, 6) is 0.742. The molecular formula is C23H25F3N4O3. The summed E-state index contributed by atoms with van der Waals surface area (Å²) in [5, 5.41) is 4.01. The Labute approximate surface area is 189 Å². The van der Waals surface area contributed by atoms with Gasteiger partial charge in [-0.1, -0.05) is 6.92 Å². The molecule has 33 heavy (non-hydrogen) atoms. The summed E-state index contributed by atoms with van der Waals surface area (Å²) in [4.78, 5) is 19.2. The Hall–Kier alpha value is -3.30. The van der Waals surface area contributed by atoms with Crippen molar-refractivity contribution in [3.63, 3.8) is 0 Å². The predicted molar refractivity (Wildman–Crippen MR) is 115 cm³/mol. The Balaban J connectivity index is 1.82. The smallest absolute Gasteiger partial charge is 0.433 e. The zero-order valence-corrected chi connectivity index (χ0v) is 18.8. The van der Waals surface area contributed by atoms with Crippen molar-refractivity contribution < 1.29 is 27.4 Å². The van der Waals surface area contributed by atoms with E-state index in [1.165, 1.54) is 20.3 Å². The number of hydrogen-bond donors (Lipinski definition) is 0. The molecule has 4 rings (SSSR count). The van der Waals surface area contributed by atoms with Crippen molar-refractivity contribution in [3.05, 3.63) is 41.7 Å². The Morgan fingerprint density at radius 2 is 1.79 bits per heavy atom. The van der Waals surface area contributed by atoms with Gasteiger partial charge in [0.2, 0.25) is 0 Å². The van der Waals surface area contributed by atoms with E-state index in [1.54, 1.807) is 23.1 Å². The van der Waals surface area contributed by atoms with E-state index >= 15 is 0 Å². The van der Waals surface area contributed by atoms with Gasteiger partial charge in [-0.05, 0) is 49.9 Å². The Kier molecular flexibility index (Phi) is 5.94. The number of amides is 1. The zero-order chi connectivity index (χ0) is 23.9. The van der Waals surface area contributed by atoms with Crippen LogP contribution in [0.4, 0.5) is 13.2 Å². The second-order valence-electron chi connectivity index (χ2n) is 8.38. The van der Waals surface area contributed by atoms with Gasteiger partial charge in [-0.2, -0.15) is 18.3 Å². The Morgan fingerprint density at radius 1 is 1.06 bits per heavy atom. The minimum atomic E-state index is -4.70. The van der Waals surface area contributed by atoms with Crippen LogP contribution >= 0.6 is 0 Å². The van der Waals surface area contributed by atoms with E-state index in [1.807, 2.05) is 6.92 Å². The van der Waals surface area contributed by atoms with Gasteiger partial charge < -0.3 is 14.4 Å². The van der Waals surface area contributed by atoms with E-state index in [0.717, 1.165) is 18.9 Å². The largest absolute Gasteiger partial charge is 0.493 e. The van der Waals surface area contributed by atoms with Crippen LogP contribution in [-0.2, 0) is 6.18 Å². The molecule has 1 aromatic carbocycles. The standard InChI is InChI=1S/C23H25F3N4O3/c1-13-5-6-14(2)29(12-13)22(31)17-11-21-27-16(10-20(23(24,25)26)30(21)28-17)15-7-8-18(32-3)19(9-15)33-4/h7-11,13-14H,5-6,12H2,1-4H3/t13-,14-/m1/s1.